The molecule has 3 aromatic rings. The minimum Gasteiger partial charge on any atom is -0.486 e. The fourth-order valence-electron chi connectivity index (χ4n) is 4.63. The second-order valence-electron chi connectivity index (χ2n) is 9.91. The smallest absolute Gasteiger partial charge is 0.270 e. The lowest BCUT2D eigenvalue weighted by Gasteiger charge is -2.19. The molecule has 9 heteroatoms. The Bertz CT molecular complexity index is 1350. The van der Waals surface area contributed by atoms with E-state index in [-0.39, 0.29) is 17.5 Å². The summed E-state index contributed by atoms with van der Waals surface area (Å²) in [5.74, 6) is -2.97. The first-order chi connectivity index (χ1) is 16.9. The van der Waals surface area contributed by atoms with Crippen LogP contribution in [0.15, 0.2) is 48.5 Å². The zero-order chi connectivity index (χ0) is 25.8. The van der Waals surface area contributed by atoms with Gasteiger partial charge in [0.05, 0.1) is 27.6 Å². The Hall–Kier alpha value is -3.52. The highest BCUT2D eigenvalue weighted by Crippen LogP contribution is 2.48. The summed E-state index contributed by atoms with van der Waals surface area (Å²) in [7, 11) is 0. The van der Waals surface area contributed by atoms with Gasteiger partial charge in [0.2, 0.25) is 0 Å². The van der Waals surface area contributed by atoms with Crippen molar-refractivity contribution in [3.05, 3.63) is 75.8 Å². The minimum absolute atomic E-state index is 0.175. The van der Waals surface area contributed by atoms with Gasteiger partial charge in [0.15, 0.2) is 6.29 Å². The highest BCUT2D eigenvalue weighted by Gasteiger charge is 2.39. The van der Waals surface area contributed by atoms with Crippen LogP contribution in [0.1, 0.15) is 47.8 Å². The number of halogens is 3. The summed E-state index contributed by atoms with van der Waals surface area (Å²) in [4.78, 5) is 13.3. The molecule has 0 radical (unpaired) electrons. The molecule has 6 nitrogen and oxygen atoms in total. The summed E-state index contributed by atoms with van der Waals surface area (Å²) in [5, 5.41) is 13.5. The van der Waals surface area contributed by atoms with Crippen molar-refractivity contribution in [3.63, 3.8) is 0 Å². The SMILES string of the molecule is Cc1cccc(Cl)c1NC1Nc2cc(C(=O)Nc3cccc(C(C)(F)F)c3)c3c(c2N1)CC(C)(C)O3. The molecular formula is C27H27ClF2N4O2. The predicted molar refractivity (Wildman–Crippen MR) is 140 cm³/mol. The monoisotopic (exact) mass is 512 g/mol. The summed E-state index contributed by atoms with van der Waals surface area (Å²) in [6.45, 7) is 6.71. The number of aryl methyl sites for hydroxylation is 1. The van der Waals surface area contributed by atoms with E-state index in [0.29, 0.717) is 22.8 Å². The third-order valence-corrected chi connectivity index (χ3v) is 6.65. The van der Waals surface area contributed by atoms with Crippen molar-refractivity contribution in [2.24, 2.45) is 0 Å². The number of benzene rings is 3. The van der Waals surface area contributed by atoms with Gasteiger partial charge in [0, 0.05) is 30.2 Å². The first kappa shape index (κ1) is 24.2. The molecule has 2 heterocycles. The molecule has 0 saturated carbocycles. The van der Waals surface area contributed by atoms with E-state index in [4.69, 9.17) is 16.3 Å². The molecular weight excluding hydrogens is 486 g/mol. The molecule has 0 spiro atoms. The summed E-state index contributed by atoms with van der Waals surface area (Å²) in [6.07, 6.45) is 0.226. The number of carbonyl (C=O) groups excluding carboxylic acids is 1. The van der Waals surface area contributed by atoms with Crippen molar-refractivity contribution < 1.29 is 18.3 Å². The maximum absolute atomic E-state index is 13.8. The van der Waals surface area contributed by atoms with E-state index >= 15 is 0 Å². The van der Waals surface area contributed by atoms with Crippen LogP contribution in [-0.2, 0) is 12.3 Å². The Labute approximate surface area is 213 Å². The van der Waals surface area contributed by atoms with E-state index in [9.17, 15) is 13.6 Å². The molecule has 0 fully saturated rings. The number of hydrogen-bond donors (Lipinski definition) is 4. The van der Waals surface area contributed by atoms with Gasteiger partial charge in [0.25, 0.3) is 11.8 Å². The van der Waals surface area contributed by atoms with Gasteiger partial charge in [-0.2, -0.15) is 0 Å². The maximum atomic E-state index is 13.8. The van der Waals surface area contributed by atoms with E-state index in [1.165, 1.54) is 18.2 Å². The molecule has 0 bridgehead atoms. The molecule has 0 aromatic heterocycles. The van der Waals surface area contributed by atoms with Crippen LogP contribution in [0.2, 0.25) is 5.02 Å². The Morgan fingerprint density at radius 2 is 1.92 bits per heavy atom. The molecule has 4 N–H and O–H groups in total. The molecule has 2 aliphatic rings. The first-order valence-corrected chi connectivity index (χ1v) is 12.0. The quantitative estimate of drug-likeness (QED) is 0.297. The fraction of sp³-hybridized carbons (Fsp3) is 0.296. The minimum atomic E-state index is -3.01. The third kappa shape index (κ3) is 4.53. The Kier molecular flexibility index (Phi) is 5.75. The van der Waals surface area contributed by atoms with Gasteiger partial charge in [0.1, 0.15) is 11.4 Å². The topological polar surface area (TPSA) is 74.4 Å². The van der Waals surface area contributed by atoms with Gasteiger partial charge < -0.3 is 26.0 Å². The number of ether oxygens (including phenoxy) is 1. The molecule has 0 saturated heterocycles. The lowest BCUT2D eigenvalue weighted by atomic mass is 9.97. The summed E-state index contributed by atoms with van der Waals surface area (Å²) in [5.41, 5.74) is 4.18. The number of hydrogen-bond acceptors (Lipinski definition) is 5. The standard InChI is InChI=1S/C27H27ClF2N4O2/c1-14-7-5-10-19(28)21(14)33-25-32-20-12-17(23-18(22(20)34-25)13-26(2,3)36-23)24(35)31-16-9-6-8-15(11-16)27(4,29)30/h5-12,25,32-34H,13H2,1-4H3,(H,31,35). The zero-order valence-corrected chi connectivity index (χ0v) is 21.1. The molecule has 0 aliphatic carbocycles. The largest absolute Gasteiger partial charge is 0.486 e. The molecule has 1 atom stereocenters. The Morgan fingerprint density at radius 3 is 2.64 bits per heavy atom. The highest BCUT2D eigenvalue weighted by molar-refractivity contribution is 6.33. The van der Waals surface area contributed by atoms with Gasteiger partial charge in [-0.3, -0.25) is 4.79 Å². The van der Waals surface area contributed by atoms with Crippen LogP contribution in [0.5, 0.6) is 5.75 Å². The van der Waals surface area contributed by atoms with Gasteiger partial charge >= 0.3 is 0 Å². The molecule has 1 unspecified atom stereocenters. The van der Waals surface area contributed by atoms with Crippen LogP contribution in [0.3, 0.4) is 0 Å². The molecule has 36 heavy (non-hydrogen) atoms. The van der Waals surface area contributed by atoms with Gasteiger partial charge in [-0.15, -0.1) is 0 Å². The van der Waals surface area contributed by atoms with Crippen molar-refractivity contribution in [1.82, 2.24) is 0 Å². The predicted octanol–water partition coefficient (Wildman–Crippen LogP) is 6.96. The van der Waals surface area contributed by atoms with Crippen molar-refractivity contribution in [3.8, 4) is 5.75 Å². The molecule has 188 valence electrons. The number of para-hydroxylation sites is 1. The third-order valence-electron chi connectivity index (χ3n) is 6.33. The first-order valence-electron chi connectivity index (χ1n) is 11.6. The number of nitrogens with one attached hydrogen (secondary N) is 4. The average Bonchev–Trinajstić information content (AvgIpc) is 3.34. The van der Waals surface area contributed by atoms with Crippen LogP contribution in [0.25, 0.3) is 0 Å². The number of carbonyl (C=O) groups is 1. The number of amides is 1. The summed E-state index contributed by atoms with van der Waals surface area (Å²) in [6, 6.07) is 13.1. The number of anilines is 4. The molecule has 5 rings (SSSR count). The summed E-state index contributed by atoms with van der Waals surface area (Å²) >= 11 is 6.40. The highest BCUT2D eigenvalue weighted by atomic mass is 35.5. The van der Waals surface area contributed by atoms with Crippen LogP contribution in [-0.4, -0.2) is 17.8 Å². The van der Waals surface area contributed by atoms with E-state index < -0.39 is 17.4 Å². The summed E-state index contributed by atoms with van der Waals surface area (Å²) < 4.78 is 33.8. The van der Waals surface area contributed by atoms with Crippen molar-refractivity contribution in [2.45, 2.75) is 51.9 Å². The number of alkyl halides is 2. The van der Waals surface area contributed by atoms with Gasteiger partial charge in [-0.25, -0.2) is 8.78 Å². The second-order valence-corrected chi connectivity index (χ2v) is 10.3. The van der Waals surface area contributed by atoms with Crippen LogP contribution < -0.4 is 26.0 Å². The average molecular weight is 513 g/mol. The molecule has 1 amide bonds. The molecule has 2 aliphatic heterocycles. The Morgan fingerprint density at radius 1 is 1.17 bits per heavy atom. The van der Waals surface area contributed by atoms with Gasteiger partial charge in [-0.05, 0) is 50.6 Å². The second kappa shape index (κ2) is 8.55. The number of rotatable bonds is 5. The van der Waals surface area contributed by atoms with Crippen LogP contribution in [0.4, 0.5) is 31.5 Å². The Balaban J connectivity index is 1.46. The van der Waals surface area contributed by atoms with E-state index in [1.54, 1.807) is 12.1 Å². The number of fused-ring (bicyclic) bond motifs is 3. The van der Waals surface area contributed by atoms with Crippen LogP contribution >= 0.6 is 11.6 Å². The van der Waals surface area contributed by atoms with E-state index in [1.807, 2.05) is 39.0 Å². The lowest BCUT2D eigenvalue weighted by Crippen LogP contribution is -2.32. The van der Waals surface area contributed by atoms with Crippen molar-refractivity contribution in [1.29, 1.82) is 0 Å². The normalized spacial score (nSPS) is 17.4. The molecule has 3 aromatic carbocycles. The fourth-order valence-corrected chi connectivity index (χ4v) is 4.90. The van der Waals surface area contributed by atoms with Crippen molar-refractivity contribution in [2.75, 3.05) is 21.3 Å². The van der Waals surface area contributed by atoms with Crippen molar-refractivity contribution >= 4 is 40.3 Å². The van der Waals surface area contributed by atoms with E-state index in [2.05, 4.69) is 21.3 Å². The van der Waals surface area contributed by atoms with E-state index in [0.717, 1.165) is 35.1 Å². The zero-order valence-electron chi connectivity index (χ0n) is 20.4. The maximum Gasteiger partial charge on any atom is 0.270 e. The van der Waals surface area contributed by atoms with Gasteiger partial charge in [-0.1, -0.05) is 35.9 Å². The van der Waals surface area contributed by atoms with Crippen LogP contribution in [0, 0.1) is 6.92 Å². The lowest BCUT2D eigenvalue weighted by molar-refractivity contribution is 0.0175.